The molecule has 0 aromatic carbocycles. The van der Waals surface area contributed by atoms with E-state index >= 15 is 0 Å². The number of hydrogen-bond acceptors (Lipinski definition) is 3. The van der Waals surface area contributed by atoms with Crippen LogP contribution in [0.5, 0.6) is 0 Å². The van der Waals surface area contributed by atoms with E-state index in [2.05, 4.69) is 30.5 Å². The Labute approximate surface area is 107 Å². The van der Waals surface area contributed by atoms with E-state index in [-0.39, 0.29) is 5.41 Å². The number of sulfonamides is 1. The number of imidazole rings is 1. The number of rotatable bonds is 4. The second-order valence-corrected chi connectivity index (χ2v) is 7.27. The molecule has 1 heterocycles. The fourth-order valence-electron chi connectivity index (χ4n) is 1.58. The van der Waals surface area contributed by atoms with Crippen LogP contribution in [0.2, 0.25) is 0 Å². The minimum Gasteiger partial charge on any atom is -0.337 e. The van der Waals surface area contributed by atoms with Crippen molar-refractivity contribution in [1.29, 1.82) is 0 Å². The van der Waals surface area contributed by atoms with Crippen LogP contribution in [0.15, 0.2) is 6.20 Å². The van der Waals surface area contributed by atoms with Crippen LogP contribution in [0.3, 0.4) is 0 Å². The third kappa shape index (κ3) is 4.25. The lowest BCUT2D eigenvalue weighted by atomic mass is 9.92. The molecule has 0 saturated heterocycles. The van der Waals surface area contributed by atoms with Gasteiger partial charge in [0.25, 0.3) is 0 Å². The molecule has 7 heteroatoms. The third-order valence-electron chi connectivity index (χ3n) is 2.34. The van der Waals surface area contributed by atoms with Crippen molar-refractivity contribution in [1.82, 2.24) is 14.3 Å². The summed E-state index contributed by atoms with van der Waals surface area (Å²) in [6.07, 6.45) is 3.02. The lowest BCUT2D eigenvalue weighted by Crippen LogP contribution is -2.28. The topological polar surface area (TPSA) is 66.9 Å². The fraction of sp³-hybridized carbons (Fsp3) is 0.700. The van der Waals surface area contributed by atoms with E-state index in [9.17, 15) is 8.42 Å². The molecule has 0 bridgehead atoms. The molecule has 0 aliphatic carbocycles. The van der Waals surface area contributed by atoms with Crippen molar-refractivity contribution in [3.05, 3.63) is 16.7 Å². The van der Waals surface area contributed by atoms with Crippen LogP contribution < -0.4 is 4.72 Å². The normalized spacial score (nSPS) is 12.9. The van der Waals surface area contributed by atoms with Crippen molar-refractivity contribution in [3.63, 3.8) is 0 Å². The molecular weight excluding hydrogens is 258 g/mol. The number of aromatic nitrogens is 2. The van der Waals surface area contributed by atoms with Gasteiger partial charge in [-0.15, -0.1) is 0 Å². The van der Waals surface area contributed by atoms with Crippen molar-refractivity contribution in [3.8, 4) is 0 Å². The van der Waals surface area contributed by atoms with Crippen molar-refractivity contribution in [2.45, 2.75) is 32.7 Å². The molecule has 1 aromatic heterocycles. The first-order valence-electron chi connectivity index (χ1n) is 5.34. The van der Waals surface area contributed by atoms with Gasteiger partial charge in [0, 0.05) is 30.4 Å². The lowest BCUT2D eigenvalue weighted by Gasteiger charge is -2.20. The first-order valence-corrected chi connectivity index (χ1v) is 7.64. The van der Waals surface area contributed by atoms with Gasteiger partial charge in [0.15, 0.2) is 4.77 Å². The van der Waals surface area contributed by atoms with Gasteiger partial charge in [-0.2, -0.15) is 0 Å². The predicted octanol–water partition coefficient (Wildman–Crippen LogP) is 1.39. The highest BCUT2D eigenvalue weighted by molar-refractivity contribution is 7.88. The highest BCUT2D eigenvalue weighted by Crippen LogP contribution is 2.21. The summed E-state index contributed by atoms with van der Waals surface area (Å²) in [6.45, 7) is 7.14. The smallest absolute Gasteiger partial charge is 0.208 e. The van der Waals surface area contributed by atoms with Gasteiger partial charge in [-0.1, -0.05) is 20.8 Å². The van der Waals surface area contributed by atoms with Gasteiger partial charge < -0.3 is 9.55 Å². The Hall–Kier alpha value is -0.660. The van der Waals surface area contributed by atoms with Crippen molar-refractivity contribution >= 4 is 22.2 Å². The van der Waals surface area contributed by atoms with E-state index in [1.807, 2.05) is 10.8 Å². The zero-order chi connectivity index (χ0) is 13.3. The summed E-state index contributed by atoms with van der Waals surface area (Å²) >= 11 is 5.18. The van der Waals surface area contributed by atoms with Crippen molar-refractivity contribution in [2.24, 2.45) is 0 Å². The maximum Gasteiger partial charge on any atom is 0.208 e. The van der Waals surface area contributed by atoms with Gasteiger partial charge in [-0.05, 0) is 12.2 Å². The Morgan fingerprint density at radius 3 is 2.53 bits per heavy atom. The van der Waals surface area contributed by atoms with Gasteiger partial charge >= 0.3 is 0 Å². The monoisotopic (exact) mass is 277 g/mol. The predicted molar refractivity (Wildman–Crippen MR) is 71.2 cm³/mol. The zero-order valence-corrected chi connectivity index (χ0v) is 12.2. The van der Waals surface area contributed by atoms with Crippen molar-refractivity contribution < 1.29 is 8.42 Å². The standard InChI is InChI=1S/C10H19N3O2S2/c1-10(2,3)8-7-11-9(16)13(8)6-5-12-17(4,14)15/h7,12H,5-6H2,1-4H3,(H,11,16). The molecule has 0 aliphatic rings. The van der Waals surface area contributed by atoms with Crippen LogP contribution in [0.4, 0.5) is 0 Å². The highest BCUT2D eigenvalue weighted by Gasteiger charge is 2.19. The molecule has 0 fully saturated rings. The molecule has 17 heavy (non-hydrogen) atoms. The van der Waals surface area contributed by atoms with Crippen LogP contribution >= 0.6 is 12.2 Å². The molecule has 1 rings (SSSR count). The Morgan fingerprint density at radius 2 is 2.06 bits per heavy atom. The zero-order valence-electron chi connectivity index (χ0n) is 10.6. The highest BCUT2D eigenvalue weighted by atomic mass is 32.2. The summed E-state index contributed by atoms with van der Waals surface area (Å²) in [6, 6.07) is 0. The minimum absolute atomic E-state index is 0.0291. The number of nitrogens with zero attached hydrogens (tertiary/aromatic N) is 1. The summed E-state index contributed by atoms with van der Waals surface area (Å²) in [5.74, 6) is 0. The number of hydrogen-bond donors (Lipinski definition) is 2. The Morgan fingerprint density at radius 1 is 1.47 bits per heavy atom. The summed E-state index contributed by atoms with van der Waals surface area (Å²) < 4.78 is 26.9. The van der Waals surface area contributed by atoms with Gasteiger partial charge in [-0.3, -0.25) is 0 Å². The van der Waals surface area contributed by atoms with Crippen molar-refractivity contribution in [2.75, 3.05) is 12.8 Å². The number of nitrogens with one attached hydrogen (secondary N) is 2. The fourth-order valence-corrected chi connectivity index (χ4v) is 2.29. The van der Waals surface area contributed by atoms with Crippen LogP contribution in [-0.2, 0) is 22.0 Å². The van der Waals surface area contributed by atoms with E-state index in [1.165, 1.54) is 0 Å². The average Bonchev–Trinajstić information content (AvgIpc) is 2.45. The summed E-state index contributed by atoms with van der Waals surface area (Å²) in [5.41, 5.74) is 1.04. The van der Waals surface area contributed by atoms with Crippen LogP contribution in [0.1, 0.15) is 26.5 Å². The minimum atomic E-state index is -3.15. The number of aromatic amines is 1. The van der Waals surface area contributed by atoms with Gasteiger partial charge in [0.1, 0.15) is 0 Å². The first-order chi connectivity index (χ1) is 7.61. The van der Waals surface area contributed by atoms with E-state index < -0.39 is 10.0 Å². The Bertz CT molecular complexity index is 535. The van der Waals surface area contributed by atoms with Gasteiger partial charge in [0.2, 0.25) is 10.0 Å². The summed E-state index contributed by atoms with van der Waals surface area (Å²) in [5, 5.41) is 0. The SMILES string of the molecule is CC(C)(C)c1c[nH]c(=S)n1CCNS(C)(=O)=O. The molecule has 0 radical (unpaired) electrons. The molecule has 1 aromatic rings. The molecule has 98 valence electrons. The Balaban J connectivity index is 2.85. The third-order valence-corrected chi connectivity index (χ3v) is 3.40. The second-order valence-electron chi connectivity index (χ2n) is 5.05. The summed E-state index contributed by atoms with van der Waals surface area (Å²) in [4.78, 5) is 2.99. The largest absolute Gasteiger partial charge is 0.337 e. The Kier molecular flexibility index (Phi) is 4.16. The molecule has 0 saturated carbocycles. The lowest BCUT2D eigenvalue weighted by molar-refractivity contribution is 0.510. The van der Waals surface area contributed by atoms with E-state index in [0.29, 0.717) is 17.9 Å². The van der Waals surface area contributed by atoms with Crippen LogP contribution in [0, 0.1) is 4.77 Å². The molecule has 5 nitrogen and oxygen atoms in total. The summed E-state index contributed by atoms with van der Waals surface area (Å²) in [7, 11) is -3.15. The molecule has 0 amide bonds. The maximum absolute atomic E-state index is 11.0. The van der Waals surface area contributed by atoms with Gasteiger partial charge in [0.05, 0.1) is 6.26 Å². The van der Waals surface area contributed by atoms with E-state index in [1.54, 1.807) is 0 Å². The van der Waals surface area contributed by atoms with Crippen LogP contribution in [0.25, 0.3) is 0 Å². The molecule has 0 aliphatic heterocycles. The molecule has 2 N–H and O–H groups in total. The molecular formula is C10H19N3O2S2. The quantitative estimate of drug-likeness (QED) is 0.817. The first kappa shape index (κ1) is 14.4. The van der Waals surface area contributed by atoms with Crippen LogP contribution in [-0.4, -0.2) is 30.8 Å². The molecule has 0 unspecified atom stereocenters. The van der Waals surface area contributed by atoms with E-state index in [0.717, 1.165) is 11.9 Å². The molecule has 0 atom stereocenters. The van der Waals surface area contributed by atoms with E-state index in [4.69, 9.17) is 12.2 Å². The average molecular weight is 277 g/mol. The second kappa shape index (κ2) is 4.91. The number of H-pyrrole nitrogens is 1. The van der Waals surface area contributed by atoms with Gasteiger partial charge in [-0.25, -0.2) is 13.1 Å². The molecule has 0 spiro atoms. The maximum atomic E-state index is 11.0.